The third-order valence-electron chi connectivity index (χ3n) is 2.29. The predicted octanol–water partition coefficient (Wildman–Crippen LogP) is 1.31. The van der Waals surface area contributed by atoms with Crippen LogP contribution in [0.4, 0.5) is 0 Å². The van der Waals surface area contributed by atoms with Gasteiger partial charge in [-0.25, -0.2) is 0 Å². The summed E-state index contributed by atoms with van der Waals surface area (Å²) >= 11 is 0. The molecule has 0 atom stereocenters. The zero-order valence-electron chi connectivity index (χ0n) is 6.08. The summed E-state index contributed by atoms with van der Waals surface area (Å²) in [6.45, 7) is 0.304. The first-order chi connectivity index (χ1) is 4.86. The van der Waals surface area contributed by atoms with Gasteiger partial charge in [0.2, 0.25) is 0 Å². The van der Waals surface area contributed by atoms with Gasteiger partial charge in [-0.05, 0) is 31.6 Å². The van der Waals surface area contributed by atoms with Crippen LogP contribution in [0.3, 0.4) is 0 Å². The van der Waals surface area contributed by atoms with Crippen molar-refractivity contribution >= 4 is 0 Å². The molecule has 0 aromatic heterocycles. The Morgan fingerprint density at radius 3 is 2.30 bits per heavy atom. The van der Waals surface area contributed by atoms with Crippen LogP contribution in [0.15, 0.2) is 0 Å². The van der Waals surface area contributed by atoms with E-state index in [0.29, 0.717) is 12.5 Å². The molecule has 0 unspecified atom stereocenters. The second-order valence-electron chi connectivity index (χ2n) is 3.03. The van der Waals surface area contributed by atoms with E-state index in [0.717, 1.165) is 25.7 Å². The molecule has 1 aliphatic rings. The van der Waals surface area contributed by atoms with E-state index in [1.165, 1.54) is 0 Å². The molecule has 1 aliphatic carbocycles. The molecular weight excluding hydrogens is 126 g/mol. The summed E-state index contributed by atoms with van der Waals surface area (Å²) in [7, 11) is 0. The van der Waals surface area contributed by atoms with Crippen molar-refractivity contribution < 1.29 is 5.11 Å². The molecule has 1 fully saturated rings. The van der Waals surface area contributed by atoms with Gasteiger partial charge in [0, 0.05) is 12.5 Å². The van der Waals surface area contributed by atoms with Crippen molar-refractivity contribution in [3.05, 3.63) is 0 Å². The first-order valence-electron chi connectivity index (χ1n) is 3.87. The summed E-state index contributed by atoms with van der Waals surface area (Å²) in [6, 6.07) is 2.27. The molecule has 0 aromatic rings. The van der Waals surface area contributed by atoms with Crippen molar-refractivity contribution in [2.24, 2.45) is 11.8 Å². The fraction of sp³-hybridized carbons (Fsp3) is 0.875. The molecule has 0 amide bonds. The summed E-state index contributed by atoms with van der Waals surface area (Å²) < 4.78 is 0. The van der Waals surface area contributed by atoms with Gasteiger partial charge < -0.3 is 5.11 Å². The van der Waals surface area contributed by atoms with Gasteiger partial charge in [-0.15, -0.1) is 0 Å². The molecule has 2 nitrogen and oxygen atoms in total. The Hall–Kier alpha value is -0.550. The first-order valence-corrected chi connectivity index (χ1v) is 3.87. The van der Waals surface area contributed by atoms with Crippen molar-refractivity contribution in [3.63, 3.8) is 0 Å². The Morgan fingerprint density at radius 2 is 1.90 bits per heavy atom. The average Bonchev–Trinajstić information content (AvgIpc) is 2.05. The molecule has 1 saturated carbocycles. The van der Waals surface area contributed by atoms with Gasteiger partial charge in [-0.2, -0.15) is 5.26 Å². The van der Waals surface area contributed by atoms with E-state index in [2.05, 4.69) is 6.07 Å². The van der Waals surface area contributed by atoms with Crippen LogP contribution in [0.5, 0.6) is 0 Å². The highest BCUT2D eigenvalue weighted by atomic mass is 16.3. The van der Waals surface area contributed by atoms with E-state index in [4.69, 9.17) is 10.4 Å². The third kappa shape index (κ3) is 1.71. The highest BCUT2D eigenvalue weighted by Crippen LogP contribution is 2.27. The van der Waals surface area contributed by atoms with E-state index in [9.17, 15) is 0 Å². The lowest BCUT2D eigenvalue weighted by atomic mass is 9.83. The van der Waals surface area contributed by atoms with E-state index in [1.807, 2.05) is 0 Å². The smallest absolute Gasteiger partial charge is 0.0655 e. The lowest BCUT2D eigenvalue weighted by Crippen LogP contribution is -2.15. The van der Waals surface area contributed by atoms with Gasteiger partial charge in [0.05, 0.1) is 6.07 Å². The zero-order valence-corrected chi connectivity index (χ0v) is 6.08. The first kappa shape index (κ1) is 7.56. The van der Waals surface area contributed by atoms with Crippen LogP contribution in [0.1, 0.15) is 25.7 Å². The van der Waals surface area contributed by atoms with Crippen LogP contribution in [-0.2, 0) is 0 Å². The van der Waals surface area contributed by atoms with E-state index in [-0.39, 0.29) is 5.92 Å². The molecule has 0 spiro atoms. The molecule has 2 heteroatoms. The van der Waals surface area contributed by atoms with Gasteiger partial charge in [0.15, 0.2) is 0 Å². The summed E-state index contributed by atoms with van der Waals surface area (Å²) in [5.74, 6) is 0.743. The normalized spacial score (nSPS) is 33.2. The standard InChI is InChI=1S/C8H13NO/c9-5-7-1-3-8(6-10)4-2-7/h7-8,10H,1-4,6H2/t7-,8-. The average molecular weight is 139 g/mol. The van der Waals surface area contributed by atoms with Crippen molar-refractivity contribution in [3.8, 4) is 6.07 Å². The Balaban J connectivity index is 2.25. The molecule has 0 aliphatic heterocycles. The summed E-state index contributed by atoms with van der Waals surface area (Å²) in [5, 5.41) is 17.3. The number of nitrogens with zero attached hydrogens (tertiary/aromatic N) is 1. The monoisotopic (exact) mass is 139 g/mol. The van der Waals surface area contributed by atoms with Crippen LogP contribution >= 0.6 is 0 Å². The minimum Gasteiger partial charge on any atom is -0.396 e. The van der Waals surface area contributed by atoms with Crippen LogP contribution in [0.2, 0.25) is 0 Å². The number of nitriles is 1. The number of aliphatic hydroxyl groups excluding tert-OH is 1. The van der Waals surface area contributed by atoms with E-state index >= 15 is 0 Å². The van der Waals surface area contributed by atoms with Crippen LogP contribution in [0.25, 0.3) is 0 Å². The number of hydrogen-bond donors (Lipinski definition) is 1. The van der Waals surface area contributed by atoms with Gasteiger partial charge >= 0.3 is 0 Å². The fourth-order valence-electron chi connectivity index (χ4n) is 1.47. The molecule has 0 heterocycles. The Labute approximate surface area is 61.5 Å². The summed E-state index contributed by atoms with van der Waals surface area (Å²) in [4.78, 5) is 0. The molecular formula is C8H13NO. The maximum absolute atomic E-state index is 8.77. The largest absolute Gasteiger partial charge is 0.396 e. The number of rotatable bonds is 1. The molecule has 0 bridgehead atoms. The fourth-order valence-corrected chi connectivity index (χ4v) is 1.47. The highest BCUT2D eigenvalue weighted by Gasteiger charge is 2.19. The van der Waals surface area contributed by atoms with Crippen LogP contribution in [0, 0.1) is 23.2 Å². The second-order valence-corrected chi connectivity index (χ2v) is 3.03. The van der Waals surface area contributed by atoms with E-state index < -0.39 is 0 Å². The molecule has 56 valence electrons. The summed E-state index contributed by atoms with van der Waals surface area (Å²) in [5.41, 5.74) is 0. The Kier molecular flexibility index (Phi) is 2.70. The quantitative estimate of drug-likeness (QED) is 0.595. The predicted molar refractivity (Wildman–Crippen MR) is 38.1 cm³/mol. The number of hydrogen-bond acceptors (Lipinski definition) is 2. The SMILES string of the molecule is N#C[C@H]1CC[C@H](CO)CC1. The maximum atomic E-state index is 8.77. The van der Waals surface area contributed by atoms with Crippen LogP contribution in [-0.4, -0.2) is 11.7 Å². The molecule has 1 N–H and O–H groups in total. The molecule has 10 heavy (non-hydrogen) atoms. The van der Waals surface area contributed by atoms with Crippen molar-refractivity contribution in [2.45, 2.75) is 25.7 Å². The zero-order chi connectivity index (χ0) is 7.40. The van der Waals surface area contributed by atoms with Crippen LogP contribution < -0.4 is 0 Å². The minimum atomic E-state index is 0.266. The molecule has 1 rings (SSSR count). The number of aliphatic hydroxyl groups is 1. The lowest BCUT2D eigenvalue weighted by molar-refractivity contribution is 0.179. The minimum absolute atomic E-state index is 0.266. The van der Waals surface area contributed by atoms with Gasteiger partial charge in [-0.1, -0.05) is 0 Å². The second kappa shape index (κ2) is 3.58. The van der Waals surface area contributed by atoms with Gasteiger partial charge in [0.1, 0.15) is 0 Å². The molecule has 0 aromatic carbocycles. The topological polar surface area (TPSA) is 44.0 Å². The summed E-state index contributed by atoms with van der Waals surface area (Å²) in [6.07, 6.45) is 4.05. The highest BCUT2D eigenvalue weighted by molar-refractivity contribution is 4.86. The third-order valence-corrected chi connectivity index (χ3v) is 2.29. The van der Waals surface area contributed by atoms with Gasteiger partial charge in [0.25, 0.3) is 0 Å². The van der Waals surface area contributed by atoms with Crippen molar-refractivity contribution in [1.29, 1.82) is 5.26 Å². The van der Waals surface area contributed by atoms with Crippen molar-refractivity contribution in [1.82, 2.24) is 0 Å². The molecule has 0 saturated heterocycles. The maximum Gasteiger partial charge on any atom is 0.0655 e. The molecule has 0 radical (unpaired) electrons. The van der Waals surface area contributed by atoms with Crippen molar-refractivity contribution in [2.75, 3.05) is 6.61 Å². The Bertz CT molecular complexity index is 131. The Morgan fingerprint density at radius 1 is 1.30 bits per heavy atom. The lowest BCUT2D eigenvalue weighted by Gasteiger charge is -2.22. The van der Waals surface area contributed by atoms with Gasteiger partial charge in [-0.3, -0.25) is 0 Å². The van der Waals surface area contributed by atoms with E-state index in [1.54, 1.807) is 0 Å².